The Morgan fingerprint density at radius 1 is 0.640 bits per heavy atom. The van der Waals surface area contributed by atoms with E-state index in [1.54, 1.807) is 0 Å². The Balaban J connectivity index is 1.73. The van der Waals surface area contributed by atoms with E-state index in [0.29, 0.717) is 0 Å². The van der Waals surface area contributed by atoms with Crippen LogP contribution in [0.3, 0.4) is 0 Å². The minimum atomic E-state index is 0.753. The second-order valence-corrected chi connectivity index (χ2v) is 5.63. The lowest BCUT2D eigenvalue weighted by atomic mass is 10.2. The maximum Gasteiger partial charge on any atom is 0.0903 e. The smallest absolute Gasteiger partial charge is 0.0903 e. The number of azo groups is 1. The van der Waals surface area contributed by atoms with E-state index in [-0.39, 0.29) is 0 Å². The van der Waals surface area contributed by atoms with E-state index in [2.05, 4.69) is 26.0 Å². The summed E-state index contributed by atoms with van der Waals surface area (Å²) in [4.78, 5) is 0. The second-order valence-electron chi connectivity index (χ2n) is 5.63. The zero-order chi connectivity index (χ0) is 17.5. The molecule has 5 nitrogen and oxygen atoms in total. The largest absolute Gasteiger partial charge is 0.259 e. The first kappa shape index (κ1) is 16.5. The Morgan fingerprint density at radius 2 is 1.36 bits per heavy atom. The molecule has 0 saturated heterocycles. The summed E-state index contributed by atoms with van der Waals surface area (Å²) in [5, 5.41) is 16.8. The monoisotopic (exact) mass is 329 g/mol. The van der Waals surface area contributed by atoms with E-state index in [1.165, 1.54) is 0 Å². The quantitative estimate of drug-likeness (QED) is 0.404. The average molecular weight is 329 g/mol. The van der Waals surface area contributed by atoms with Gasteiger partial charge in [-0.15, -0.1) is 5.11 Å². The molecule has 0 aliphatic rings. The Labute approximate surface area is 147 Å². The normalized spacial score (nSPS) is 11.3. The highest BCUT2D eigenvalue weighted by molar-refractivity contribution is 5.58. The van der Waals surface area contributed by atoms with E-state index in [0.717, 1.165) is 33.9 Å². The molecule has 0 aliphatic carbocycles. The van der Waals surface area contributed by atoms with Gasteiger partial charge in [-0.05, 0) is 55.3 Å². The first-order valence-electron chi connectivity index (χ1n) is 8.02. The van der Waals surface area contributed by atoms with Crippen molar-refractivity contribution in [3.63, 3.8) is 0 Å². The molecular formula is C20H19N5. The van der Waals surface area contributed by atoms with E-state index in [1.807, 2.05) is 86.6 Å². The lowest BCUT2D eigenvalue weighted by Gasteiger charge is -2.05. The molecule has 0 saturated carbocycles. The van der Waals surface area contributed by atoms with E-state index < -0.39 is 0 Å². The molecule has 0 aliphatic heterocycles. The highest BCUT2D eigenvalue weighted by Crippen LogP contribution is 2.25. The maximum atomic E-state index is 4.27. The standard InChI is InChI=1S/C20H19N5/c1-15-8-6-7-11-19(15)23-25-24-20-14-18(13-12-16(20)2)22-21-17-9-4-3-5-10-17/h3-14H,1-2H3,(H,23,24). The molecule has 25 heavy (non-hydrogen) atoms. The SMILES string of the molecule is Cc1ccccc1N=NNc1cc(N=Nc2ccccc2)ccc1C. The lowest BCUT2D eigenvalue weighted by Crippen LogP contribution is -1.89. The van der Waals surface area contributed by atoms with Gasteiger partial charge in [-0.2, -0.15) is 10.2 Å². The molecule has 3 aromatic carbocycles. The van der Waals surface area contributed by atoms with Gasteiger partial charge in [0, 0.05) is 0 Å². The van der Waals surface area contributed by atoms with Gasteiger partial charge in [-0.25, -0.2) is 0 Å². The fourth-order valence-electron chi connectivity index (χ4n) is 2.21. The van der Waals surface area contributed by atoms with Crippen molar-refractivity contribution >= 4 is 22.7 Å². The van der Waals surface area contributed by atoms with Crippen LogP contribution in [0.5, 0.6) is 0 Å². The molecule has 0 spiro atoms. The second kappa shape index (κ2) is 7.97. The van der Waals surface area contributed by atoms with Crippen LogP contribution in [0, 0.1) is 13.8 Å². The third kappa shape index (κ3) is 4.57. The molecule has 0 aromatic heterocycles. The van der Waals surface area contributed by atoms with Gasteiger partial charge in [0.05, 0.1) is 22.7 Å². The van der Waals surface area contributed by atoms with Crippen LogP contribution < -0.4 is 5.43 Å². The third-order valence-corrected chi connectivity index (χ3v) is 3.70. The number of aryl methyl sites for hydroxylation is 2. The summed E-state index contributed by atoms with van der Waals surface area (Å²) in [5.41, 5.74) is 8.38. The van der Waals surface area contributed by atoms with E-state index >= 15 is 0 Å². The summed E-state index contributed by atoms with van der Waals surface area (Å²) in [6, 6.07) is 23.3. The van der Waals surface area contributed by atoms with Crippen molar-refractivity contribution in [3.8, 4) is 0 Å². The number of benzene rings is 3. The molecule has 5 heteroatoms. The first-order valence-corrected chi connectivity index (χ1v) is 8.02. The summed E-state index contributed by atoms with van der Waals surface area (Å²) >= 11 is 0. The fraction of sp³-hybridized carbons (Fsp3) is 0.100. The highest BCUT2D eigenvalue weighted by Gasteiger charge is 2.00. The van der Waals surface area contributed by atoms with Crippen molar-refractivity contribution in [1.82, 2.24) is 0 Å². The Morgan fingerprint density at radius 3 is 2.16 bits per heavy atom. The molecule has 0 radical (unpaired) electrons. The van der Waals surface area contributed by atoms with Crippen LogP contribution >= 0.6 is 0 Å². The molecule has 124 valence electrons. The Kier molecular flexibility index (Phi) is 5.26. The van der Waals surface area contributed by atoms with Crippen molar-refractivity contribution in [3.05, 3.63) is 83.9 Å². The van der Waals surface area contributed by atoms with Crippen LogP contribution in [0.15, 0.2) is 93.4 Å². The van der Waals surface area contributed by atoms with Crippen molar-refractivity contribution < 1.29 is 0 Å². The van der Waals surface area contributed by atoms with Crippen LogP contribution in [0.2, 0.25) is 0 Å². The molecule has 0 fully saturated rings. The van der Waals surface area contributed by atoms with Gasteiger partial charge in [0.1, 0.15) is 0 Å². The van der Waals surface area contributed by atoms with E-state index in [4.69, 9.17) is 0 Å². The average Bonchev–Trinajstić information content (AvgIpc) is 2.64. The zero-order valence-corrected chi connectivity index (χ0v) is 14.2. The molecule has 1 N–H and O–H groups in total. The summed E-state index contributed by atoms with van der Waals surface area (Å²) in [5.74, 6) is 0. The third-order valence-electron chi connectivity index (χ3n) is 3.70. The number of rotatable bonds is 5. The molecule has 0 bridgehead atoms. The van der Waals surface area contributed by atoms with Crippen LogP contribution in [0.1, 0.15) is 11.1 Å². The molecule has 0 amide bonds. The van der Waals surface area contributed by atoms with E-state index in [9.17, 15) is 0 Å². The molecule has 3 rings (SSSR count). The molecule has 0 unspecified atom stereocenters. The number of nitrogens with one attached hydrogen (secondary N) is 1. The Bertz CT molecular complexity index is 901. The summed E-state index contributed by atoms with van der Waals surface area (Å²) in [6.45, 7) is 4.01. The number of hydrogen-bond donors (Lipinski definition) is 1. The van der Waals surface area contributed by atoms with Gasteiger partial charge in [0.15, 0.2) is 0 Å². The highest BCUT2D eigenvalue weighted by atomic mass is 15.4. The predicted molar refractivity (Wildman–Crippen MR) is 101 cm³/mol. The summed E-state index contributed by atoms with van der Waals surface area (Å²) < 4.78 is 0. The predicted octanol–water partition coefficient (Wildman–Crippen LogP) is 6.83. The maximum absolute atomic E-state index is 4.27. The minimum absolute atomic E-state index is 0.753. The molecular weight excluding hydrogens is 310 g/mol. The van der Waals surface area contributed by atoms with Crippen molar-refractivity contribution in [1.29, 1.82) is 0 Å². The zero-order valence-electron chi connectivity index (χ0n) is 14.2. The van der Waals surface area contributed by atoms with Gasteiger partial charge < -0.3 is 0 Å². The van der Waals surface area contributed by atoms with Crippen LogP contribution in [-0.2, 0) is 0 Å². The van der Waals surface area contributed by atoms with Gasteiger partial charge in [0.2, 0.25) is 0 Å². The van der Waals surface area contributed by atoms with Crippen LogP contribution in [-0.4, -0.2) is 0 Å². The van der Waals surface area contributed by atoms with Crippen molar-refractivity contribution in [2.75, 3.05) is 5.43 Å². The summed E-state index contributed by atoms with van der Waals surface area (Å²) in [7, 11) is 0. The number of anilines is 1. The van der Waals surface area contributed by atoms with Gasteiger partial charge >= 0.3 is 0 Å². The molecule has 3 aromatic rings. The Hall–Kier alpha value is -3.34. The van der Waals surface area contributed by atoms with Gasteiger partial charge in [-0.3, -0.25) is 5.43 Å². The van der Waals surface area contributed by atoms with Crippen LogP contribution in [0.25, 0.3) is 0 Å². The first-order chi connectivity index (χ1) is 12.2. The fourth-order valence-corrected chi connectivity index (χ4v) is 2.21. The number of hydrogen-bond acceptors (Lipinski definition) is 4. The van der Waals surface area contributed by atoms with Crippen LogP contribution in [0.4, 0.5) is 22.7 Å². The topological polar surface area (TPSA) is 61.5 Å². The van der Waals surface area contributed by atoms with Crippen molar-refractivity contribution in [2.45, 2.75) is 13.8 Å². The number of nitrogens with zero attached hydrogens (tertiary/aromatic N) is 4. The lowest BCUT2D eigenvalue weighted by molar-refractivity contribution is 1.11. The molecule has 0 heterocycles. The summed E-state index contributed by atoms with van der Waals surface area (Å²) in [6.07, 6.45) is 0. The van der Waals surface area contributed by atoms with Gasteiger partial charge in [0.25, 0.3) is 0 Å². The minimum Gasteiger partial charge on any atom is -0.259 e. The van der Waals surface area contributed by atoms with Crippen molar-refractivity contribution in [2.24, 2.45) is 20.6 Å². The van der Waals surface area contributed by atoms with Gasteiger partial charge in [-0.1, -0.05) is 47.7 Å². The molecule has 0 atom stereocenters.